The van der Waals surface area contributed by atoms with Crippen LogP contribution in [0.3, 0.4) is 0 Å². The van der Waals surface area contributed by atoms with Crippen LogP contribution in [0.5, 0.6) is 5.75 Å². The normalized spacial score (nSPS) is 19.6. The van der Waals surface area contributed by atoms with Crippen molar-refractivity contribution in [1.82, 2.24) is 0 Å². The molecule has 0 heterocycles. The molecule has 2 nitrogen and oxygen atoms in total. The second-order valence-electron chi connectivity index (χ2n) is 4.63. The van der Waals surface area contributed by atoms with E-state index >= 15 is 0 Å². The first-order valence-electron chi connectivity index (χ1n) is 5.92. The van der Waals surface area contributed by atoms with Crippen molar-refractivity contribution >= 4 is 15.9 Å². The van der Waals surface area contributed by atoms with E-state index in [-0.39, 0.29) is 6.04 Å². The van der Waals surface area contributed by atoms with Crippen molar-refractivity contribution in [2.24, 2.45) is 11.7 Å². The first-order valence-corrected chi connectivity index (χ1v) is 6.72. The molecular formula is C13H18BrNO. The summed E-state index contributed by atoms with van der Waals surface area (Å²) in [6.07, 6.45) is 6.24. The number of phenolic OH excluding ortho intramolecular Hbond substituents is 1. The van der Waals surface area contributed by atoms with Crippen molar-refractivity contribution < 1.29 is 5.11 Å². The highest BCUT2D eigenvalue weighted by Gasteiger charge is 2.23. The van der Waals surface area contributed by atoms with Crippen LogP contribution in [0.25, 0.3) is 0 Å². The average molecular weight is 284 g/mol. The maximum atomic E-state index is 9.84. The molecule has 0 saturated heterocycles. The highest BCUT2D eigenvalue weighted by Crippen LogP contribution is 2.36. The molecule has 0 aromatic heterocycles. The third-order valence-electron chi connectivity index (χ3n) is 3.51. The van der Waals surface area contributed by atoms with Gasteiger partial charge in [-0.1, -0.05) is 35.2 Å². The van der Waals surface area contributed by atoms with Crippen molar-refractivity contribution in [3.05, 3.63) is 28.2 Å². The zero-order valence-corrected chi connectivity index (χ0v) is 10.9. The minimum absolute atomic E-state index is 0.0298. The molecule has 16 heavy (non-hydrogen) atoms. The fraction of sp³-hybridized carbons (Fsp3) is 0.538. The lowest BCUT2D eigenvalue weighted by Gasteiger charge is -2.28. The van der Waals surface area contributed by atoms with Crippen LogP contribution in [-0.2, 0) is 0 Å². The molecule has 1 aromatic carbocycles. The van der Waals surface area contributed by atoms with Gasteiger partial charge >= 0.3 is 0 Å². The molecule has 3 heteroatoms. The summed E-state index contributed by atoms with van der Waals surface area (Å²) in [5.74, 6) is 0.843. The Kier molecular flexibility index (Phi) is 3.87. The smallest absolute Gasteiger partial charge is 0.120 e. The van der Waals surface area contributed by atoms with Gasteiger partial charge in [0.2, 0.25) is 0 Å². The van der Waals surface area contributed by atoms with Gasteiger partial charge in [-0.2, -0.15) is 0 Å². The first-order chi connectivity index (χ1) is 7.68. The summed E-state index contributed by atoms with van der Waals surface area (Å²) >= 11 is 3.42. The molecule has 1 saturated carbocycles. The van der Waals surface area contributed by atoms with Crippen molar-refractivity contribution in [2.45, 2.75) is 38.1 Å². The molecule has 88 valence electrons. The summed E-state index contributed by atoms with van der Waals surface area (Å²) in [4.78, 5) is 0. The maximum absolute atomic E-state index is 9.84. The van der Waals surface area contributed by atoms with Crippen molar-refractivity contribution in [1.29, 1.82) is 0 Å². The minimum atomic E-state index is -0.0298. The summed E-state index contributed by atoms with van der Waals surface area (Å²) < 4.78 is 0.978. The maximum Gasteiger partial charge on any atom is 0.120 e. The molecule has 1 fully saturated rings. The molecule has 3 N–H and O–H groups in total. The van der Waals surface area contributed by atoms with Crippen LogP contribution in [-0.4, -0.2) is 5.11 Å². The van der Waals surface area contributed by atoms with Gasteiger partial charge in [0.25, 0.3) is 0 Å². The third kappa shape index (κ3) is 2.58. The molecule has 1 aliphatic rings. The van der Waals surface area contributed by atoms with Gasteiger partial charge in [0.15, 0.2) is 0 Å². The fourth-order valence-electron chi connectivity index (χ4n) is 2.54. The van der Waals surface area contributed by atoms with E-state index in [0.717, 1.165) is 10.0 Å². The number of rotatable bonds is 2. The standard InChI is InChI=1S/C13H18BrNO/c14-10-6-7-12(16)11(8-10)13(15)9-4-2-1-3-5-9/h6-9,13,16H,1-5,15H2/t13-/m1/s1. The predicted molar refractivity (Wildman–Crippen MR) is 69.3 cm³/mol. The van der Waals surface area contributed by atoms with Gasteiger partial charge in [-0.05, 0) is 37.0 Å². The second kappa shape index (κ2) is 5.19. The Morgan fingerprint density at radius 1 is 1.25 bits per heavy atom. The van der Waals surface area contributed by atoms with Gasteiger partial charge in [-0.15, -0.1) is 0 Å². The van der Waals surface area contributed by atoms with Gasteiger partial charge in [0, 0.05) is 16.1 Å². The second-order valence-corrected chi connectivity index (χ2v) is 5.54. The molecule has 0 amide bonds. The Hall–Kier alpha value is -0.540. The summed E-state index contributed by atoms with van der Waals surface area (Å²) in [5.41, 5.74) is 7.13. The summed E-state index contributed by atoms with van der Waals surface area (Å²) in [7, 11) is 0. The van der Waals surface area contributed by atoms with Crippen LogP contribution >= 0.6 is 15.9 Å². The monoisotopic (exact) mass is 283 g/mol. The van der Waals surface area contributed by atoms with E-state index in [0.29, 0.717) is 11.7 Å². The van der Waals surface area contributed by atoms with E-state index < -0.39 is 0 Å². The van der Waals surface area contributed by atoms with Crippen molar-refractivity contribution in [3.63, 3.8) is 0 Å². The quantitative estimate of drug-likeness (QED) is 0.869. The van der Waals surface area contributed by atoms with E-state index in [1.54, 1.807) is 6.07 Å². The number of nitrogens with two attached hydrogens (primary N) is 1. The Labute approximate surface area is 105 Å². The molecule has 0 spiro atoms. The first kappa shape index (κ1) is 11.9. The highest BCUT2D eigenvalue weighted by molar-refractivity contribution is 9.10. The zero-order chi connectivity index (χ0) is 11.5. The fourth-order valence-corrected chi connectivity index (χ4v) is 2.92. The summed E-state index contributed by atoms with van der Waals surface area (Å²) in [5, 5.41) is 9.84. The molecule has 2 rings (SSSR count). The van der Waals surface area contributed by atoms with Crippen LogP contribution in [0.15, 0.2) is 22.7 Å². The Bertz CT molecular complexity index is 361. The van der Waals surface area contributed by atoms with E-state index in [1.807, 2.05) is 12.1 Å². The van der Waals surface area contributed by atoms with Crippen molar-refractivity contribution in [2.75, 3.05) is 0 Å². The molecule has 1 aromatic rings. The molecule has 1 atom stereocenters. The molecule has 0 bridgehead atoms. The number of hydrogen-bond donors (Lipinski definition) is 2. The highest BCUT2D eigenvalue weighted by atomic mass is 79.9. The Morgan fingerprint density at radius 2 is 1.94 bits per heavy atom. The predicted octanol–water partition coefficient (Wildman–Crippen LogP) is 3.73. The summed E-state index contributed by atoms with van der Waals surface area (Å²) in [6, 6.07) is 5.46. The third-order valence-corrected chi connectivity index (χ3v) is 4.00. The lowest BCUT2D eigenvalue weighted by atomic mass is 9.81. The van der Waals surface area contributed by atoms with Crippen LogP contribution < -0.4 is 5.73 Å². The van der Waals surface area contributed by atoms with Gasteiger partial charge in [-0.3, -0.25) is 0 Å². The van der Waals surface area contributed by atoms with Crippen LogP contribution in [0.4, 0.5) is 0 Å². The lowest BCUT2D eigenvalue weighted by Crippen LogP contribution is -2.23. The van der Waals surface area contributed by atoms with Gasteiger partial charge in [-0.25, -0.2) is 0 Å². The van der Waals surface area contributed by atoms with Gasteiger partial charge < -0.3 is 10.8 Å². The molecular weight excluding hydrogens is 266 g/mol. The zero-order valence-electron chi connectivity index (χ0n) is 9.32. The van der Waals surface area contributed by atoms with Gasteiger partial charge in [0.1, 0.15) is 5.75 Å². The largest absolute Gasteiger partial charge is 0.508 e. The Morgan fingerprint density at radius 3 is 2.62 bits per heavy atom. The minimum Gasteiger partial charge on any atom is -0.508 e. The van der Waals surface area contributed by atoms with E-state index in [4.69, 9.17) is 5.73 Å². The van der Waals surface area contributed by atoms with Crippen LogP contribution in [0, 0.1) is 5.92 Å². The Balaban J connectivity index is 2.18. The van der Waals surface area contributed by atoms with Crippen LogP contribution in [0.2, 0.25) is 0 Å². The SMILES string of the molecule is N[C@@H](c1cc(Br)ccc1O)C1CCCCC1. The summed E-state index contributed by atoms with van der Waals surface area (Å²) in [6.45, 7) is 0. The van der Waals surface area contributed by atoms with E-state index in [1.165, 1.54) is 32.1 Å². The van der Waals surface area contributed by atoms with E-state index in [2.05, 4.69) is 15.9 Å². The topological polar surface area (TPSA) is 46.2 Å². The number of benzene rings is 1. The number of hydrogen-bond acceptors (Lipinski definition) is 2. The lowest BCUT2D eigenvalue weighted by molar-refractivity contribution is 0.303. The number of aromatic hydroxyl groups is 1. The molecule has 0 aliphatic heterocycles. The molecule has 0 radical (unpaired) electrons. The van der Waals surface area contributed by atoms with E-state index in [9.17, 15) is 5.11 Å². The van der Waals surface area contributed by atoms with Crippen LogP contribution in [0.1, 0.15) is 43.7 Å². The number of halogens is 1. The van der Waals surface area contributed by atoms with Gasteiger partial charge in [0.05, 0.1) is 0 Å². The van der Waals surface area contributed by atoms with Crippen molar-refractivity contribution in [3.8, 4) is 5.75 Å². The molecule has 1 aliphatic carbocycles. The number of phenols is 1. The molecule has 0 unspecified atom stereocenters. The average Bonchev–Trinajstić information content (AvgIpc) is 2.32.